The smallest absolute Gasteiger partial charge is 0.144 e. The normalized spacial score (nSPS) is 10.7. The molecule has 0 atom stereocenters. The van der Waals surface area contributed by atoms with Gasteiger partial charge in [0.1, 0.15) is 5.75 Å². The predicted octanol–water partition coefficient (Wildman–Crippen LogP) is 2.68. The van der Waals surface area contributed by atoms with Gasteiger partial charge in [-0.25, -0.2) is 4.98 Å². The van der Waals surface area contributed by atoms with E-state index in [0.717, 1.165) is 22.0 Å². The molecule has 1 heterocycles. The van der Waals surface area contributed by atoms with E-state index in [2.05, 4.69) is 11.1 Å². The van der Waals surface area contributed by atoms with Crippen LogP contribution in [0, 0.1) is 6.92 Å². The molecule has 0 unspecified atom stereocenters. The average Bonchev–Trinajstić information content (AvgIpc) is 2.54. The molecular weight excluding hydrogens is 208 g/mol. The second kappa shape index (κ2) is 3.70. The molecule has 3 nitrogen and oxygen atoms in total. The summed E-state index contributed by atoms with van der Waals surface area (Å²) in [6.45, 7) is 2.02. The van der Waals surface area contributed by atoms with Crippen molar-refractivity contribution in [2.24, 2.45) is 0 Å². The Morgan fingerprint density at radius 2 is 2.07 bits per heavy atom. The topological polar surface area (TPSA) is 25.4 Å². The first kappa shape index (κ1) is 10.2. The summed E-state index contributed by atoms with van der Waals surface area (Å²) in [6, 6.07) is 4.12. The zero-order valence-electron chi connectivity index (χ0n) is 9.37. The van der Waals surface area contributed by atoms with Crippen LogP contribution in [0.15, 0.2) is 12.1 Å². The van der Waals surface area contributed by atoms with E-state index >= 15 is 0 Å². The van der Waals surface area contributed by atoms with Crippen molar-refractivity contribution < 1.29 is 4.74 Å². The monoisotopic (exact) mass is 222 g/mol. The summed E-state index contributed by atoms with van der Waals surface area (Å²) in [5.41, 5.74) is 2.11. The molecule has 0 fully saturated rings. The van der Waals surface area contributed by atoms with Gasteiger partial charge >= 0.3 is 0 Å². The van der Waals surface area contributed by atoms with Crippen LogP contribution in [0.5, 0.6) is 5.75 Å². The molecule has 0 spiro atoms. The second-order valence-electron chi connectivity index (χ2n) is 3.62. The van der Waals surface area contributed by atoms with Crippen LogP contribution < -0.4 is 9.64 Å². The molecular formula is C11H14N2OS. The fraction of sp³-hybridized carbons (Fsp3) is 0.364. The lowest BCUT2D eigenvalue weighted by atomic mass is 10.2. The Morgan fingerprint density at radius 1 is 1.33 bits per heavy atom. The number of fused-ring (bicyclic) bond motifs is 1. The predicted molar refractivity (Wildman–Crippen MR) is 65.2 cm³/mol. The molecule has 0 saturated heterocycles. The van der Waals surface area contributed by atoms with Gasteiger partial charge in [-0.1, -0.05) is 0 Å². The van der Waals surface area contributed by atoms with Crippen molar-refractivity contribution in [3.8, 4) is 5.75 Å². The van der Waals surface area contributed by atoms with Crippen LogP contribution in [-0.4, -0.2) is 26.2 Å². The third-order valence-electron chi connectivity index (χ3n) is 2.28. The zero-order valence-corrected chi connectivity index (χ0v) is 10.2. The number of benzene rings is 1. The molecule has 1 aromatic carbocycles. The van der Waals surface area contributed by atoms with Crippen molar-refractivity contribution in [2.45, 2.75) is 6.92 Å². The fourth-order valence-corrected chi connectivity index (χ4v) is 2.41. The standard InChI is InChI=1S/C11H14N2OS/c1-7-12-8-5-10(14-4)9(13(2)3)6-11(8)15-7/h5-6H,1-4H3. The number of rotatable bonds is 2. The van der Waals surface area contributed by atoms with Gasteiger partial charge in [-0.05, 0) is 13.0 Å². The molecule has 2 aromatic rings. The van der Waals surface area contributed by atoms with Gasteiger partial charge < -0.3 is 9.64 Å². The second-order valence-corrected chi connectivity index (χ2v) is 4.85. The molecule has 0 N–H and O–H groups in total. The van der Waals surface area contributed by atoms with Gasteiger partial charge in [0.2, 0.25) is 0 Å². The first-order valence-electron chi connectivity index (χ1n) is 4.74. The van der Waals surface area contributed by atoms with Crippen molar-refractivity contribution >= 4 is 27.2 Å². The van der Waals surface area contributed by atoms with E-state index in [1.807, 2.05) is 32.0 Å². The van der Waals surface area contributed by atoms with Crippen LogP contribution in [0.25, 0.3) is 10.2 Å². The van der Waals surface area contributed by atoms with Crippen molar-refractivity contribution in [1.29, 1.82) is 0 Å². The Balaban J connectivity index is 2.68. The molecule has 0 radical (unpaired) electrons. The van der Waals surface area contributed by atoms with Crippen LogP contribution in [0.3, 0.4) is 0 Å². The SMILES string of the molecule is COc1cc2nc(C)sc2cc1N(C)C. The van der Waals surface area contributed by atoms with Crippen molar-refractivity contribution in [2.75, 3.05) is 26.1 Å². The lowest BCUT2D eigenvalue weighted by Crippen LogP contribution is -2.09. The first-order valence-corrected chi connectivity index (χ1v) is 5.56. The van der Waals surface area contributed by atoms with Gasteiger partial charge in [0.05, 0.1) is 28.0 Å². The van der Waals surface area contributed by atoms with Crippen LogP contribution in [0.2, 0.25) is 0 Å². The highest BCUT2D eigenvalue weighted by Gasteiger charge is 2.09. The maximum absolute atomic E-state index is 5.35. The van der Waals surface area contributed by atoms with Gasteiger partial charge in [-0.2, -0.15) is 0 Å². The van der Waals surface area contributed by atoms with E-state index in [4.69, 9.17) is 4.74 Å². The lowest BCUT2D eigenvalue weighted by Gasteiger charge is -2.16. The Kier molecular flexibility index (Phi) is 2.52. The Morgan fingerprint density at radius 3 is 2.67 bits per heavy atom. The van der Waals surface area contributed by atoms with E-state index in [0.29, 0.717) is 0 Å². The van der Waals surface area contributed by atoms with Crippen molar-refractivity contribution in [3.05, 3.63) is 17.1 Å². The molecule has 0 saturated carbocycles. The number of aromatic nitrogens is 1. The summed E-state index contributed by atoms with van der Waals surface area (Å²) in [5, 5.41) is 1.09. The van der Waals surface area contributed by atoms with E-state index < -0.39 is 0 Å². The van der Waals surface area contributed by atoms with E-state index in [1.54, 1.807) is 18.4 Å². The Bertz CT molecular complexity index is 491. The summed E-state index contributed by atoms with van der Waals surface area (Å²) in [5.74, 6) is 0.873. The minimum atomic E-state index is 0.873. The highest BCUT2D eigenvalue weighted by Crippen LogP contribution is 2.34. The van der Waals surface area contributed by atoms with Gasteiger partial charge in [0, 0.05) is 20.2 Å². The number of anilines is 1. The van der Waals surface area contributed by atoms with Crippen molar-refractivity contribution in [1.82, 2.24) is 4.98 Å². The number of hydrogen-bond acceptors (Lipinski definition) is 4. The molecule has 0 aliphatic rings. The molecule has 15 heavy (non-hydrogen) atoms. The molecule has 2 rings (SSSR count). The van der Waals surface area contributed by atoms with Gasteiger partial charge in [0.25, 0.3) is 0 Å². The third-order valence-corrected chi connectivity index (χ3v) is 3.21. The highest BCUT2D eigenvalue weighted by atomic mass is 32.1. The van der Waals surface area contributed by atoms with Gasteiger partial charge in [-0.15, -0.1) is 11.3 Å². The van der Waals surface area contributed by atoms with E-state index in [-0.39, 0.29) is 0 Å². The minimum Gasteiger partial charge on any atom is -0.495 e. The number of thiazole rings is 1. The summed E-state index contributed by atoms with van der Waals surface area (Å²) in [4.78, 5) is 6.49. The summed E-state index contributed by atoms with van der Waals surface area (Å²) < 4.78 is 6.55. The van der Waals surface area contributed by atoms with Crippen molar-refractivity contribution in [3.63, 3.8) is 0 Å². The number of nitrogens with zero attached hydrogens (tertiary/aromatic N) is 2. The van der Waals surface area contributed by atoms with E-state index in [1.165, 1.54) is 4.70 Å². The van der Waals surface area contributed by atoms with Crippen LogP contribution in [-0.2, 0) is 0 Å². The average molecular weight is 222 g/mol. The molecule has 0 amide bonds. The van der Waals surface area contributed by atoms with E-state index in [9.17, 15) is 0 Å². The Hall–Kier alpha value is -1.29. The summed E-state index contributed by atoms with van der Waals surface area (Å²) in [6.07, 6.45) is 0. The summed E-state index contributed by atoms with van der Waals surface area (Å²) >= 11 is 1.71. The van der Waals surface area contributed by atoms with Gasteiger partial charge in [-0.3, -0.25) is 0 Å². The highest BCUT2D eigenvalue weighted by molar-refractivity contribution is 7.18. The van der Waals surface area contributed by atoms with Crippen LogP contribution >= 0.6 is 11.3 Å². The number of methoxy groups -OCH3 is 1. The lowest BCUT2D eigenvalue weighted by molar-refractivity contribution is 0.416. The minimum absolute atomic E-state index is 0.873. The van der Waals surface area contributed by atoms with Gasteiger partial charge in [0.15, 0.2) is 0 Å². The van der Waals surface area contributed by atoms with Crippen LogP contribution in [0.4, 0.5) is 5.69 Å². The number of aryl methyl sites for hydroxylation is 1. The number of ether oxygens (including phenoxy) is 1. The first-order chi connectivity index (χ1) is 7.11. The largest absolute Gasteiger partial charge is 0.495 e. The molecule has 0 aliphatic carbocycles. The molecule has 80 valence electrons. The molecule has 0 bridgehead atoms. The molecule has 1 aromatic heterocycles. The number of hydrogen-bond donors (Lipinski definition) is 0. The Labute approximate surface area is 93.3 Å². The quantitative estimate of drug-likeness (QED) is 0.781. The zero-order chi connectivity index (χ0) is 11.0. The third kappa shape index (κ3) is 1.77. The maximum Gasteiger partial charge on any atom is 0.144 e. The molecule has 0 aliphatic heterocycles. The maximum atomic E-state index is 5.35. The summed E-state index contributed by atoms with van der Waals surface area (Å²) in [7, 11) is 5.71. The van der Waals surface area contributed by atoms with Crippen LogP contribution in [0.1, 0.15) is 5.01 Å². The molecule has 4 heteroatoms. The fourth-order valence-electron chi connectivity index (χ4n) is 1.57.